The first-order chi connectivity index (χ1) is 14.5. The van der Waals surface area contributed by atoms with E-state index in [-0.39, 0.29) is 23.8 Å². The third-order valence-corrected chi connectivity index (χ3v) is 5.67. The van der Waals surface area contributed by atoms with Gasteiger partial charge >= 0.3 is 0 Å². The number of halogens is 1. The molecular formula is C23H18FN3O2S. The summed E-state index contributed by atoms with van der Waals surface area (Å²) in [6.45, 7) is 0.175. The van der Waals surface area contributed by atoms with E-state index in [1.54, 1.807) is 49.5 Å². The summed E-state index contributed by atoms with van der Waals surface area (Å²) < 4.78 is 13.9. The van der Waals surface area contributed by atoms with E-state index in [9.17, 15) is 14.0 Å². The van der Waals surface area contributed by atoms with Gasteiger partial charge in [-0.1, -0.05) is 30.3 Å². The van der Waals surface area contributed by atoms with Crippen molar-refractivity contribution in [1.29, 1.82) is 0 Å². The quantitative estimate of drug-likeness (QED) is 0.486. The SMILES string of the molecule is CN(Cc1nc2ccccc2c(=O)[nH]1)C(=O)C=Cc1ccc(-c2ccccc2F)s1. The van der Waals surface area contributed by atoms with Crippen molar-refractivity contribution in [2.75, 3.05) is 7.05 Å². The molecule has 2 aromatic heterocycles. The Balaban J connectivity index is 1.46. The number of likely N-dealkylation sites (N-methyl/N-ethyl adjacent to an activating group) is 1. The zero-order valence-electron chi connectivity index (χ0n) is 16.1. The number of carbonyl (C=O) groups is 1. The summed E-state index contributed by atoms with van der Waals surface area (Å²) >= 11 is 1.40. The van der Waals surface area contributed by atoms with Crippen molar-refractivity contribution in [1.82, 2.24) is 14.9 Å². The predicted molar refractivity (Wildman–Crippen MR) is 118 cm³/mol. The van der Waals surface area contributed by atoms with E-state index in [1.807, 2.05) is 18.2 Å². The van der Waals surface area contributed by atoms with E-state index in [0.29, 0.717) is 22.3 Å². The van der Waals surface area contributed by atoms with Crippen molar-refractivity contribution in [3.05, 3.63) is 93.6 Å². The molecule has 0 aliphatic carbocycles. The van der Waals surface area contributed by atoms with Gasteiger partial charge in [-0.25, -0.2) is 9.37 Å². The van der Waals surface area contributed by atoms with Gasteiger partial charge in [0.2, 0.25) is 5.91 Å². The number of fused-ring (bicyclic) bond motifs is 1. The first-order valence-corrected chi connectivity index (χ1v) is 10.1. The topological polar surface area (TPSA) is 66.1 Å². The van der Waals surface area contributed by atoms with Crippen LogP contribution in [0.25, 0.3) is 27.4 Å². The van der Waals surface area contributed by atoms with Crippen LogP contribution in [0, 0.1) is 5.82 Å². The molecule has 0 saturated carbocycles. The van der Waals surface area contributed by atoms with Gasteiger partial charge in [0.05, 0.1) is 17.4 Å². The third-order valence-electron chi connectivity index (χ3n) is 4.58. The summed E-state index contributed by atoms with van der Waals surface area (Å²) in [6.07, 6.45) is 3.15. The van der Waals surface area contributed by atoms with Crippen LogP contribution in [0.2, 0.25) is 0 Å². The van der Waals surface area contributed by atoms with Crippen LogP contribution in [0.15, 0.2) is 71.5 Å². The number of H-pyrrole nitrogens is 1. The number of aromatic amines is 1. The Morgan fingerprint density at radius 2 is 1.90 bits per heavy atom. The lowest BCUT2D eigenvalue weighted by Gasteiger charge is -2.14. The number of nitrogens with zero attached hydrogens (tertiary/aromatic N) is 2. The summed E-state index contributed by atoms with van der Waals surface area (Å²) in [5, 5.41) is 0.512. The van der Waals surface area contributed by atoms with Gasteiger partial charge in [0.1, 0.15) is 11.6 Å². The number of nitrogens with one attached hydrogen (secondary N) is 1. The van der Waals surface area contributed by atoms with Crippen LogP contribution in [0.1, 0.15) is 10.7 Å². The van der Waals surface area contributed by atoms with Gasteiger partial charge in [0, 0.05) is 28.4 Å². The zero-order valence-corrected chi connectivity index (χ0v) is 16.9. The molecule has 5 nitrogen and oxygen atoms in total. The normalized spacial score (nSPS) is 11.3. The van der Waals surface area contributed by atoms with Gasteiger partial charge in [-0.2, -0.15) is 0 Å². The molecule has 4 aromatic rings. The van der Waals surface area contributed by atoms with Gasteiger partial charge in [-0.05, 0) is 36.4 Å². The lowest BCUT2D eigenvalue weighted by molar-refractivity contribution is -0.125. The van der Waals surface area contributed by atoms with Crippen LogP contribution in [-0.4, -0.2) is 27.8 Å². The Labute approximate surface area is 176 Å². The molecule has 1 amide bonds. The highest BCUT2D eigenvalue weighted by Crippen LogP contribution is 2.30. The molecule has 1 N–H and O–H groups in total. The molecule has 0 aliphatic rings. The molecule has 0 radical (unpaired) electrons. The Bertz CT molecular complexity index is 1310. The van der Waals surface area contributed by atoms with E-state index in [4.69, 9.17) is 0 Å². The number of para-hydroxylation sites is 1. The molecule has 0 atom stereocenters. The fraction of sp³-hybridized carbons (Fsp3) is 0.0870. The lowest BCUT2D eigenvalue weighted by Crippen LogP contribution is -2.26. The summed E-state index contributed by atoms with van der Waals surface area (Å²) in [6, 6.07) is 17.3. The fourth-order valence-corrected chi connectivity index (χ4v) is 3.98. The molecule has 0 fully saturated rings. The molecule has 2 heterocycles. The molecule has 0 bridgehead atoms. The number of amides is 1. The second-order valence-electron chi connectivity index (χ2n) is 6.74. The lowest BCUT2D eigenvalue weighted by atomic mass is 10.2. The largest absolute Gasteiger partial charge is 0.335 e. The minimum atomic E-state index is -0.275. The highest BCUT2D eigenvalue weighted by Gasteiger charge is 2.10. The van der Waals surface area contributed by atoms with Crippen LogP contribution in [-0.2, 0) is 11.3 Å². The molecule has 30 heavy (non-hydrogen) atoms. The first-order valence-electron chi connectivity index (χ1n) is 9.27. The summed E-state index contributed by atoms with van der Waals surface area (Å²) in [4.78, 5) is 34.9. The number of hydrogen-bond donors (Lipinski definition) is 1. The van der Waals surface area contributed by atoms with Crippen LogP contribution >= 0.6 is 11.3 Å². The maximum atomic E-state index is 13.9. The Kier molecular flexibility index (Phi) is 5.54. The molecule has 0 unspecified atom stereocenters. The summed E-state index contributed by atoms with van der Waals surface area (Å²) in [5.74, 6) is -0.0878. The van der Waals surface area contributed by atoms with E-state index in [2.05, 4.69) is 9.97 Å². The van der Waals surface area contributed by atoms with Crippen molar-refractivity contribution >= 4 is 34.2 Å². The number of rotatable bonds is 5. The highest BCUT2D eigenvalue weighted by molar-refractivity contribution is 7.16. The smallest absolute Gasteiger partial charge is 0.258 e. The molecule has 150 valence electrons. The van der Waals surface area contributed by atoms with Crippen LogP contribution < -0.4 is 5.56 Å². The minimum absolute atomic E-state index is 0.175. The van der Waals surface area contributed by atoms with Gasteiger partial charge < -0.3 is 9.88 Å². The van der Waals surface area contributed by atoms with E-state index < -0.39 is 0 Å². The zero-order chi connectivity index (χ0) is 21.1. The number of carbonyl (C=O) groups excluding carboxylic acids is 1. The number of thiophene rings is 1. The second-order valence-corrected chi connectivity index (χ2v) is 7.85. The maximum Gasteiger partial charge on any atom is 0.258 e. The Morgan fingerprint density at radius 3 is 2.73 bits per heavy atom. The fourth-order valence-electron chi connectivity index (χ4n) is 3.04. The number of benzene rings is 2. The molecule has 7 heteroatoms. The molecule has 0 aliphatic heterocycles. The second kappa shape index (κ2) is 8.42. The molecular weight excluding hydrogens is 401 g/mol. The van der Waals surface area contributed by atoms with Crippen molar-refractivity contribution in [2.45, 2.75) is 6.54 Å². The van der Waals surface area contributed by atoms with E-state index >= 15 is 0 Å². The predicted octanol–water partition coefficient (Wildman–Crippen LogP) is 4.46. The van der Waals surface area contributed by atoms with Crippen molar-refractivity contribution in [3.63, 3.8) is 0 Å². The average molecular weight is 419 g/mol. The summed E-state index contributed by atoms with van der Waals surface area (Å²) in [5.41, 5.74) is 0.898. The molecule has 2 aromatic carbocycles. The van der Waals surface area contributed by atoms with Crippen molar-refractivity contribution < 1.29 is 9.18 Å². The molecule has 0 spiro atoms. The van der Waals surface area contributed by atoms with Gasteiger partial charge in [0.15, 0.2) is 0 Å². The maximum absolute atomic E-state index is 13.9. The summed E-state index contributed by atoms with van der Waals surface area (Å²) in [7, 11) is 1.64. The average Bonchev–Trinajstić information content (AvgIpc) is 3.21. The van der Waals surface area contributed by atoms with Crippen LogP contribution in [0.3, 0.4) is 0 Å². The van der Waals surface area contributed by atoms with E-state index in [1.165, 1.54) is 28.4 Å². The Hall–Kier alpha value is -3.58. The van der Waals surface area contributed by atoms with Crippen molar-refractivity contribution in [3.8, 4) is 10.4 Å². The van der Waals surface area contributed by atoms with E-state index in [0.717, 1.165) is 9.75 Å². The molecule has 4 rings (SSSR count). The standard InChI is InChI=1S/C23H18FN3O2S/c1-27(14-21-25-19-9-5-3-7-17(19)23(29)26-21)22(28)13-11-15-10-12-20(30-15)16-6-2-4-8-18(16)24/h2-13H,14H2,1H3,(H,25,26,29). The molecule has 0 saturated heterocycles. The van der Waals surface area contributed by atoms with Gasteiger partial charge in [0.25, 0.3) is 5.56 Å². The van der Waals surface area contributed by atoms with Gasteiger partial charge in [-0.15, -0.1) is 11.3 Å². The third kappa shape index (κ3) is 4.21. The van der Waals surface area contributed by atoms with Crippen molar-refractivity contribution in [2.24, 2.45) is 0 Å². The minimum Gasteiger partial charge on any atom is -0.335 e. The highest BCUT2D eigenvalue weighted by atomic mass is 32.1. The monoisotopic (exact) mass is 419 g/mol. The van der Waals surface area contributed by atoms with Crippen LogP contribution in [0.4, 0.5) is 4.39 Å². The Morgan fingerprint density at radius 1 is 1.13 bits per heavy atom. The number of hydrogen-bond acceptors (Lipinski definition) is 4. The number of aromatic nitrogens is 2. The van der Waals surface area contributed by atoms with Gasteiger partial charge in [-0.3, -0.25) is 9.59 Å². The first kappa shape index (κ1) is 19.7. The van der Waals surface area contributed by atoms with Crippen LogP contribution in [0.5, 0.6) is 0 Å².